The highest BCUT2D eigenvalue weighted by Gasteiger charge is 2.21. The molecule has 1 aliphatic rings. The van der Waals surface area contributed by atoms with Crippen LogP contribution in [-0.2, 0) is 12.8 Å². The van der Waals surface area contributed by atoms with Crippen LogP contribution in [0.15, 0.2) is 0 Å². The molecular weight excluding hydrogens is 186 g/mol. The maximum absolute atomic E-state index is 6.04. The van der Waals surface area contributed by atoms with Crippen LogP contribution < -0.4 is 5.73 Å². The predicted molar refractivity (Wildman–Crippen MR) is 61.6 cm³/mol. The number of nitrogens with one attached hydrogen (secondary N) is 1. The summed E-state index contributed by atoms with van der Waals surface area (Å²) < 4.78 is 0. The third-order valence-electron chi connectivity index (χ3n) is 3.39. The first kappa shape index (κ1) is 10.7. The number of rotatable bonds is 3. The summed E-state index contributed by atoms with van der Waals surface area (Å²) in [6.45, 7) is 4.49. The van der Waals surface area contributed by atoms with Gasteiger partial charge in [0.15, 0.2) is 0 Å². The van der Waals surface area contributed by atoms with Crippen LogP contribution in [0.3, 0.4) is 0 Å². The van der Waals surface area contributed by atoms with E-state index in [0.29, 0.717) is 5.92 Å². The Balaban J connectivity index is 2.14. The molecule has 0 aliphatic heterocycles. The molecule has 0 bridgehead atoms. The van der Waals surface area contributed by atoms with Crippen LogP contribution in [0.2, 0.25) is 0 Å². The lowest BCUT2D eigenvalue weighted by atomic mass is 9.97. The van der Waals surface area contributed by atoms with E-state index in [0.717, 1.165) is 30.8 Å². The minimum absolute atomic E-state index is 0.163. The van der Waals surface area contributed by atoms with E-state index < -0.39 is 0 Å². The molecule has 2 rings (SSSR count). The predicted octanol–water partition coefficient (Wildman–Crippen LogP) is 2.33. The van der Waals surface area contributed by atoms with Gasteiger partial charge < -0.3 is 10.7 Å². The van der Waals surface area contributed by atoms with Crippen LogP contribution in [0.1, 0.15) is 56.4 Å². The zero-order chi connectivity index (χ0) is 10.8. The van der Waals surface area contributed by atoms with Gasteiger partial charge in [0.1, 0.15) is 5.82 Å². The molecule has 0 spiro atoms. The van der Waals surface area contributed by atoms with Gasteiger partial charge in [-0.05, 0) is 25.2 Å². The molecule has 2 atom stereocenters. The second-order valence-corrected chi connectivity index (χ2v) is 4.76. The molecule has 0 radical (unpaired) electrons. The number of aromatic nitrogens is 2. The van der Waals surface area contributed by atoms with Gasteiger partial charge in [0, 0.05) is 18.2 Å². The van der Waals surface area contributed by atoms with Crippen molar-refractivity contribution in [1.29, 1.82) is 0 Å². The van der Waals surface area contributed by atoms with Gasteiger partial charge in [-0.1, -0.05) is 20.3 Å². The van der Waals surface area contributed by atoms with E-state index in [9.17, 15) is 0 Å². The first-order valence-corrected chi connectivity index (χ1v) is 6.04. The lowest BCUT2D eigenvalue weighted by molar-refractivity contribution is 0.543. The molecule has 1 heterocycles. The van der Waals surface area contributed by atoms with E-state index in [4.69, 9.17) is 5.73 Å². The minimum Gasteiger partial charge on any atom is -0.346 e. The number of hydrogen-bond acceptors (Lipinski definition) is 2. The molecule has 84 valence electrons. The van der Waals surface area contributed by atoms with E-state index >= 15 is 0 Å². The maximum Gasteiger partial charge on any atom is 0.106 e. The summed E-state index contributed by atoms with van der Waals surface area (Å²) >= 11 is 0. The molecule has 3 nitrogen and oxygen atoms in total. The normalized spacial score (nSPS) is 22.5. The summed E-state index contributed by atoms with van der Waals surface area (Å²) in [5, 5.41) is 0. The van der Waals surface area contributed by atoms with Crippen molar-refractivity contribution < 1.29 is 0 Å². The van der Waals surface area contributed by atoms with E-state index in [1.807, 2.05) is 0 Å². The highest BCUT2D eigenvalue weighted by atomic mass is 15.0. The molecular formula is C12H21N3. The zero-order valence-electron chi connectivity index (χ0n) is 9.71. The maximum atomic E-state index is 6.04. The Morgan fingerprint density at radius 3 is 3.07 bits per heavy atom. The topological polar surface area (TPSA) is 54.7 Å². The summed E-state index contributed by atoms with van der Waals surface area (Å²) in [6, 6.07) is 0.163. The number of hydrogen-bond donors (Lipinski definition) is 2. The lowest BCUT2D eigenvalue weighted by Gasteiger charge is -2.15. The SMILES string of the molecule is CCC(C)Cc1nc2c([nH]1)CCCC2N. The van der Waals surface area contributed by atoms with Crippen molar-refractivity contribution in [2.75, 3.05) is 0 Å². The number of nitrogens with two attached hydrogens (primary N) is 1. The number of imidazole rings is 1. The molecule has 3 N–H and O–H groups in total. The number of H-pyrrole nitrogens is 1. The van der Waals surface area contributed by atoms with E-state index in [1.165, 1.54) is 18.5 Å². The third kappa shape index (κ3) is 2.23. The molecule has 1 aromatic rings. The summed E-state index contributed by atoms with van der Waals surface area (Å²) in [6.07, 6.45) is 5.66. The standard InChI is InChI=1S/C12H21N3/c1-3-8(2)7-11-14-10-6-4-5-9(13)12(10)15-11/h8-9H,3-7,13H2,1-2H3,(H,14,15). The van der Waals surface area contributed by atoms with E-state index in [2.05, 4.69) is 23.8 Å². The molecule has 1 aromatic heterocycles. The fraction of sp³-hybridized carbons (Fsp3) is 0.750. The van der Waals surface area contributed by atoms with Gasteiger partial charge in [-0.15, -0.1) is 0 Å². The fourth-order valence-electron chi connectivity index (χ4n) is 2.18. The highest BCUT2D eigenvalue weighted by molar-refractivity contribution is 5.21. The van der Waals surface area contributed by atoms with Crippen molar-refractivity contribution in [2.45, 2.75) is 52.0 Å². The minimum atomic E-state index is 0.163. The quantitative estimate of drug-likeness (QED) is 0.799. The van der Waals surface area contributed by atoms with Crippen molar-refractivity contribution in [3.63, 3.8) is 0 Å². The number of aromatic amines is 1. The van der Waals surface area contributed by atoms with Crippen molar-refractivity contribution in [1.82, 2.24) is 9.97 Å². The van der Waals surface area contributed by atoms with Gasteiger partial charge in [-0.25, -0.2) is 4.98 Å². The van der Waals surface area contributed by atoms with Gasteiger partial charge in [0.05, 0.1) is 5.69 Å². The molecule has 1 aliphatic carbocycles. The van der Waals surface area contributed by atoms with Gasteiger partial charge >= 0.3 is 0 Å². The van der Waals surface area contributed by atoms with Crippen molar-refractivity contribution in [2.24, 2.45) is 11.7 Å². The van der Waals surface area contributed by atoms with Crippen LogP contribution >= 0.6 is 0 Å². The van der Waals surface area contributed by atoms with Crippen LogP contribution in [0.5, 0.6) is 0 Å². The average molecular weight is 207 g/mol. The number of aryl methyl sites for hydroxylation is 1. The second kappa shape index (κ2) is 4.35. The van der Waals surface area contributed by atoms with Crippen molar-refractivity contribution in [3.05, 3.63) is 17.2 Å². The van der Waals surface area contributed by atoms with Crippen molar-refractivity contribution >= 4 is 0 Å². The Bertz CT molecular complexity index is 330. The van der Waals surface area contributed by atoms with Gasteiger partial charge in [0.2, 0.25) is 0 Å². The molecule has 3 heteroatoms. The van der Waals surface area contributed by atoms with Gasteiger partial charge in [-0.2, -0.15) is 0 Å². The second-order valence-electron chi connectivity index (χ2n) is 4.76. The smallest absolute Gasteiger partial charge is 0.106 e. The van der Waals surface area contributed by atoms with Gasteiger partial charge in [0.25, 0.3) is 0 Å². The molecule has 0 saturated carbocycles. The number of nitrogens with zero attached hydrogens (tertiary/aromatic N) is 1. The van der Waals surface area contributed by atoms with Crippen LogP contribution in [0.4, 0.5) is 0 Å². The number of fused-ring (bicyclic) bond motifs is 1. The molecule has 0 aromatic carbocycles. The molecule has 2 unspecified atom stereocenters. The third-order valence-corrected chi connectivity index (χ3v) is 3.39. The largest absolute Gasteiger partial charge is 0.346 e. The first-order valence-electron chi connectivity index (χ1n) is 6.04. The average Bonchev–Trinajstić information content (AvgIpc) is 2.62. The van der Waals surface area contributed by atoms with E-state index in [1.54, 1.807) is 0 Å². The molecule has 15 heavy (non-hydrogen) atoms. The Morgan fingerprint density at radius 1 is 1.60 bits per heavy atom. The molecule has 0 saturated heterocycles. The highest BCUT2D eigenvalue weighted by Crippen LogP contribution is 2.26. The summed E-state index contributed by atoms with van der Waals surface area (Å²) in [7, 11) is 0. The molecule has 0 fully saturated rings. The van der Waals surface area contributed by atoms with E-state index in [-0.39, 0.29) is 6.04 Å². The Kier molecular flexibility index (Phi) is 3.10. The Hall–Kier alpha value is -0.830. The van der Waals surface area contributed by atoms with Crippen molar-refractivity contribution in [3.8, 4) is 0 Å². The fourth-order valence-corrected chi connectivity index (χ4v) is 2.18. The monoisotopic (exact) mass is 207 g/mol. The van der Waals surface area contributed by atoms with Crippen LogP contribution in [0.25, 0.3) is 0 Å². The summed E-state index contributed by atoms with van der Waals surface area (Å²) in [4.78, 5) is 8.08. The lowest BCUT2D eigenvalue weighted by Crippen LogP contribution is -2.17. The van der Waals surface area contributed by atoms with Crippen LogP contribution in [-0.4, -0.2) is 9.97 Å². The molecule has 0 amide bonds. The Morgan fingerprint density at radius 2 is 2.40 bits per heavy atom. The van der Waals surface area contributed by atoms with Crippen LogP contribution in [0, 0.1) is 5.92 Å². The first-order chi connectivity index (χ1) is 7.20. The zero-order valence-corrected chi connectivity index (χ0v) is 9.71. The summed E-state index contributed by atoms with van der Waals surface area (Å²) in [5.74, 6) is 1.83. The summed E-state index contributed by atoms with van der Waals surface area (Å²) in [5.41, 5.74) is 8.45. The Labute approximate surface area is 91.5 Å². The van der Waals surface area contributed by atoms with Gasteiger partial charge in [-0.3, -0.25) is 0 Å².